The molecule has 3 heteroatoms. The summed E-state index contributed by atoms with van der Waals surface area (Å²) in [6.45, 7) is 0. The van der Waals surface area contributed by atoms with E-state index >= 15 is 0 Å². The number of halogens is 2. The molecule has 0 aromatic rings. The van der Waals surface area contributed by atoms with E-state index in [1.54, 1.807) is 0 Å². The van der Waals surface area contributed by atoms with Crippen molar-refractivity contribution in [3.05, 3.63) is 7.43 Å². The van der Waals surface area contributed by atoms with E-state index in [-0.39, 0.29) is 74.9 Å². The van der Waals surface area contributed by atoms with E-state index in [2.05, 4.69) is 0 Å². The molecule has 0 saturated heterocycles. The zero-order chi connectivity index (χ0) is 0. The Kier molecular flexibility index (Phi) is 177. The van der Waals surface area contributed by atoms with Crippen LogP contribution in [-0.2, 0) is 19.5 Å². The van der Waals surface area contributed by atoms with Gasteiger partial charge in [0.15, 0.2) is 0 Å². The molecule has 0 aliphatic rings. The Morgan fingerprint density at radius 1 is 0.750 bits per heavy atom. The molecule has 4 heavy (non-hydrogen) atoms. The average Bonchev–Trinajstić information content (AvgIpc) is 0. The molecule has 0 heterocycles. The molecule has 0 aliphatic carbocycles. The predicted octanol–water partition coefficient (Wildman–Crippen LogP) is 1.68. The Balaban J connectivity index is 0. The van der Waals surface area contributed by atoms with Gasteiger partial charge >= 0.3 is 0 Å². The van der Waals surface area contributed by atoms with E-state index in [1.165, 1.54) is 0 Å². The van der Waals surface area contributed by atoms with Crippen molar-refractivity contribution < 1.29 is 19.5 Å². The SMILES string of the molecule is I.I.[CH3-].[Zn]. The van der Waals surface area contributed by atoms with E-state index < -0.39 is 0 Å². The molecule has 0 amide bonds. The van der Waals surface area contributed by atoms with Crippen molar-refractivity contribution >= 4 is 48.0 Å². The zero-order valence-electron chi connectivity index (χ0n) is 2.52. The van der Waals surface area contributed by atoms with Crippen LogP contribution in [0.3, 0.4) is 0 Å². The topological polar surface area (TPSA) is 0 Å². The molecular formula is CH5I2Zn-. The Labute approximate surface area is 73.9 Å². The van der Waals surface area contributed by atoms with Gasteiger partial charge < -0.3 is 7.43 Å². The van der Waals surface area contributed by atoms with Crippen molar-refractivity contribution in [1.29, 1.82) is 0 Å². The van der Waals surface area contributed by atoms with E-state index in [1.807, 2.05) is 0 Å². The van der Waals surface area contributed by atoms with Gasteiger partial charge in [0, 0.05) is 19.5 Å². The van der Waals surface area contributed by atoms with Crippen LogP contribution in [0.1, 0.15) is 0 Å². The van der Waals surface area contributed by atoms with Crippen molar-refractivity contribution in [2.24, 2.45) is 0 Å². The van der Waals surface area contributed by atoms with Crippen molar-refractivity contribution in [3.8, 4) is 0 Å². The molecule has 0 radical (unpaired) electrons. The van der Waals surface area contributed by atoms with Gasteiger partial charge in [0.2, 0.25) is 0 Å². The van der Waals surface area contributed by atoms with Gasteiger partial charge in [-0.1, -0.05) is 0 Å². The molecule has 0 rings (SSSR count). The maximum atomic E-state index is 0. The predicted molar refractivity (Wildman–Crippen MR) is 37.2 cm³/mol. The maximum Gasteiger partial charge on any atom is 0 e. The second kappa shape index (κ2) is 19.5. The number of rotatable bonds is 0. The zero-order valence-corrected chi connectivity index (χ0v) is 10.2. The van der Waals surface area contributed by atoms with Crippen molar-refractivity contribution in [3.63, 3.8) is 0 Å². The summed E-state index contributed by atoms with van der Waals surface area (Å²) < 4.78 is 0. The monoisotopic (exact) mass is 335 g/mol. The van der Waals surface area contributed by atoms with Gasteiger partial charge in [-0.25, -0.2) is 0 Å². The van der Waals surface area contributed by atoms with Gasteiger partial charge in [-0.15, -0.1) is 48.0 Å². The molecule has 0 N–H and O–H groups in total. The standard InChI is InChI=1S/CH3.2HI.Zn/h1H3;2*1H;/q-1;;;. The second-order valence-electron chi connectivity index (χ2n) is 0. The molecule has 0 unspecified atom stereocenters. The van der Waals surface area contributed by atoms with Crippen LogP contribution in [0.15, 0.2) is 0 Å². The summed E-state index contributed by atoms with van der Waals surface area (Å²) in [4.78, 5) is 0. The molecule has 0 nitrogen and oxygen atoms in total. The third-order valence-corrected chi connectivity index (χ3v) is 0. The fourth-order valence-corrected chi connectivity index (χ4v) is 0. The molecule has 0 aliphatic heterocycles. The van der Waals surface area contributed by atoms with Crippen molar-refractivity contribution in [2.75, 3.05) is 0 Å². The first-order valence-electron chi connectivity index (χ1n) is 0. The Morgan fingerprint density at radius 2 is 0.750 bits per heavy atom. The maximum absolute atomic E-state index is 0. The van der Waals surface area contributed by atoms with Crippen molar-refractivity contribution in [1.82, 2.24) is 0 Å². The minimum absolute atomic E-state index is 0. The number of hydrogen-bond acceptors (Lipinski definition) is 0. The first kappa shape index (κ1) is 36.2. The largest absolute Gasteiger partial charge is 0.358 e. The minimum atomic E-state index is 0. The van der Waals surface area contributed by atoms with Gasteiger partial charge in [-0.3, -0.25) is 0 Å². The first-order valence-corrected chi connectivity index (χ1v) is 0. The molecule has 0 atom stereocenters. The normalized spacial score (nSPS) is 0. The smallest absolute Gasteiger partial charge is 0 e. The molecule has 0 bridgehead atoms. The second-order valence-corrected chi connectivity index (χ2v) is 0. The van der Waals surface area contributed by atoms with Crippen LogP contribution in [0.5, 0.6) is 0 Å². The molecule has 0 aromatic carbocycles. The molecule has 0 fully saturated rings. The molecule has 0 spiro atoms. The summed E-state index contributed by atoms with van der Waals surface area (Å²) in [5.74, 6) is 0. The van der Waals surface area contributed by atoms with Crippen molar-refractivity contribution in [2.45, 2.75) is 0 Å². The fourth-order valence-electron chi connectivity index (χ4n) is 0. The molecule has 26 valence electrons. The summed E-state index contributed by atoms with van der Waals surface area (Å²) in [6.07, 6.45) is 0. The Bertz CT molecular complexity index is 6.00. The third-order valence-electron chi connectivity index (χ3n) is 0. The quantitative estimate of drug-likeness (QED) is 0.359. The van der Waals surface area contributed by atoms with Gasteiger partial charge in [0.05, 0.1) is 0 Å². The van der Waals surface area contributed by atoms with Crippen LogP contribution in [0.25, 0.3) is 0 Å². The van der Waals surface area contributed by atoms with Crippen LogP contribution in [-0.4, -0.2) is 0 Å². The van der Waals surface area contributed by atoms with E-state index in [4.69, 9.17) is 0 Å². The fraction of sp³-hybridized carbons (Fsp3) is 0. The number of hydrogen-bond donors (Lipinski definition) is 0. The summed E-state index contributed by atoms with van der Waals surface area (Å²) in [5.41, 5.74) is 0. The Morgan fingerprint density at radius 3 is 0.750 bits per heavy atom. The van der Waals surface area contributed by atoms with Crippen LogP contribution in [0.4, 0.5) is 0 Å². The molecule has 0 aromatic heterocycles. The molecular weight excluding hydrogens is 331 g/mol. The van der Waals surface area contributed by atoms with Crippen LogP contribution in [0.2, 0.25) is 0 Å². The van der Waals surface area contributed by atoms with Crippen LogP contribution in [0, 0.1) is 7.43 Å². The summed E-state index contributed by atoms with van der Waals surface area (Å²) in [6, 6.07) is 0. The van der Waals surface area contributed by atoms with Gasteiger partial charge in [-0.2, -0.15) is 0 Å². The van der Waals surface area contributed by atoms with E-state index in [9.17, 15) is 0 Å². The van der Waals surface area contributed by atoms with E-state index in [0.29, 0.717) is 0 Å². The minimum Gasteiger partial charge on any atom is -0.358 e. The average molecular weight is 336 g/mol. The van der Waals surface area contributed by atoms with Crippen LogP contribution >= 0.6 is 48.0 Å². The van der Waals surface area contributed by atoms with Crippen LogP contribution < -0.4 is 0 Å². The van der Waals surface area contributed by atoms with Gasteiger partial charge in [0.1, 0.15) is 0 Å². The van der Waals surface area contributed by atoms with Gasteiger partial charge in [0.25, 0.3) is 0 Å². The summed E-state index contributed by atoms with van der Waals surface area (Å²) >= 11 is 0. The Hall–Kier alpha value is 2.08. The first-order chi connectivity index (χ1) is 0. The van der Waals surface area contributed by atoms with E-state index in [0.717, 1.165) is 0 Å². The third kappa shape index (κ3) is 8.94. The molecule has 0 saturated carbocycles. The summed E-state index contributed by atoms with van der Waals surface area (Å²) in [5, 5.41) is 0. The summed E-state index contributed by atoms with van der Waals surface area (Å²) in [7, 11) is 0. The van der Waals surface area contributed by atoms with Gasteiger partial charge in [-0.05, 0) is 0 Å².